The van der Waals surface area contributed by atoms with Crippen LogP contribution in [0.5, 0.6) is 0 Å². The van der Waals surface area contributed by atoms with Crippen LogP contribution in [0.4, 0.5) is 5.69 Å². The number of para-hydroxylation sites is 1. The largest absolute Gasteiger partial charge is 0.322 e. The molecule has 1 heterocycles. The fraction of sp³-hybridized carbons (Fsp3) is 0. The molecule has 0 unspecified atom stereocenters. The summed E-state index contributed by atoms with van der Waals surface area (Å²) in [4.78, 5) is 25.7. The molecule has 2 aromatic carbocycles. The number of benzene rings is 2. The lowest BCUT2D eigenvalue weighted by molar-refractivity contribution is -0.111. The first-order chi connectivity index (χ1) is 11.7. The summed E-state index contributed by atoms with van der Waals surface area (Å²) >= 11 is 1.56. The van der Waals surface area contributed by atoms with Crippen molar-refractivity contribution in [1.29, 1.82) is 0 Å². The summed E-state index contributed by atoms with van der Waals surface area (Å²) in [7, 11) is 0. The average molecular weight is 333 g/mol. The fourth-order valence-corrected chi connectivity index (χ4v) is 2.87. The molecule has 0 saturated carbocycles. The molecule has 0 atom stereocenters. The number of anilines is 1. The highest BCUT2D eigenvalue weighted by molar-refractivity contribution is 7.10. The van der Waals surface area contributed by atoms with E-state index in [4.69, 9.17) is 0 Å². The molecule has 0 radical (unpaired) electrons. The molecule has 0 fully saturated rings. The van der Waals surface area contributed by atoms with Gasteiger partial charge in [-0.25, -0.2) is 0 Å². The maximum atomic E-state index is 12.6. The summed E-state index contributed by atoms with van der Waals surface area (Å²) in [6.07, 6.45) is 3.22. The van der Waals surface area contributed by atoms with Gasteiger partial charge in [0, 0.05) is 22.1 Å². The van der Waals surface area contributed by atoms with E-state index < -0.39 is 0 Å². The molecule has 0 aliphatic rings. The number of thiophene rings is 1. The van der Waals surface area contributed by atoms with Crippen LogP contribution in [0, 0.1) is 0 Å². The van der Waals surface area contributed by atoms with Crippen LogP contribution in [0.25, 0.3) is 6.08 Å². The highest BCUT2D eigenvalue weighted by Crippen LogP contribution is 2.19. The van der Waals surface area contributed by atoms with Crippen molar-refractivity contribution in [2.24, 2.45) is 0 Å². The molecule has 0 saturated heterocycles. The van der Waals surface area contributed by atoms with E-state index in [0.29, 0.717) is 16.8 Å². The molecular weight excluding hydrogens is 318 g/mol. The molecular formula is C20H15NO2S. The van der Waals surface area contributed by atoms with E-state index in [-0.39, 0.29) is 11.7 Å². The Kier molecular flexibility index (Phi) is 4.99. The van der Waals surface area contributed by atoms with Gasteiger partial charge < -0.3 is 5.32 Å². The zero-order valence-corrected chi connectivity index (χ0v) is 13.6. The molecule has 0 spiro atoms. The number of nitrogens with one attached hydrogen (secondary N) is 1. The maximum Gasteiger partial charge on any atom is 0.248 e. The van der Waals surface area contributed by atoms with Crippen molar-refractivity contribution >= 4 is 34.8 Å². The summed E-state index contributed by atoms with van der Waals surface area (Å²) < 4.78 is 0. The minimum absolute atomic E-state index is 0.117. The van der Waals surface area contributed by atoms with Crippen LogP contribution in [0.1, 0.15) is 20.8 Å². The van der Waals surface area contributed by atoms with Gasteiger partial charge in [0.1, 0.15) is 0 Å². The third-order valence-corrected chi connectivity index (χ3v) is 4.25. The van der Waals surface area contributed by atoms with E-state index in [9.17, 15) is 9.59 Å². The Morgan fingerprint density at radius 2 is 1.62 bits per heavy atom. The predicted molar refractivity (Wildman–Crippen MR) is 98.3 cm³/mol. The van der Waals surface area contributed by atoms with Crippen molar-refractivity contribution in [1.82, 2.24) is 0 Å². The number of ketones is 1. The normalized spacial score (nSPS) is 10.7. The lowest BCUT2D eigenvalue weighted by Gasteiger charge is -2.09. The van der Waals surface area contributed by atoms with E-state index in [2.05, 4.69) is 5.32 Å². The van der Waals surface area contributed by atoms with E-state index in [0.717, 1.165) is 4.88 Å². The Morgan fingerprint density at radius 1 is 0.875 bits per heavy atom. The number of hydrogen-bond acceptors (Lipinski definition) is 3. The lowest BCUT2D eigenvalue weighted by atomic mass is 10.0. The molecule has 0 bridgehead atoms. The second-order valence-electron chi connectivity index (χ2n) is 5.08. The van der Waals surface area contributed by atoms with Gasteiger partial charge in [-0.3, -0.25) is 9.59 Å². The second-order valence-corrected chi connectivity index (χ2v) is 6.06. The van der Waals surface area contributed by atoms with Gasteiger partial charge in [-0.15, -0.1) is 11.3 Å². The van der Waals surface area contributed by atoms with Gasteiger partial charge in [0.2, 0.25) is 5.91 Å². The van der Waals surface area contributed by atoms with Crippen molar-refractivity contribution in [3.05, 3.63) is 94.2 Å². The fourth-order valence-electron chi connectivity index (χ4n) is 2.25. The van der Waals surface area contributed by atoms with Gasteiger partial charge in [0.05, 0.1) is 5.69 Å². The molecule has 4 heteroatoms. The summed E-state index contributed by atoms with van der Waals surface area (Å²) in [5.41, 5.74) is 1.57. The monoisotopic (exact) mass is 333 g/mol. The van der Waals surface area contributed by atoms with Gasteiger partial charge in [0.25, 0.3) is 0 Å². The molecule has 1 N–H and O–H groups in total. The topological polar surface area (TPSA) is 46.2 Å². The molecule has 0 aliphatic heterocycles. The van der Waals surface area contributed by atoms with Gasteiger partial charge in [-0.1, -0.05) is 48.5 Å². The van der Waals surface area contributed by atoms with Crippen LogP contribution >= 0.6 is 11.3 Å². The minimum Gasteiger partial charge on any atom is -0.322 e. The SMILES string of the molecule is O=C(C=Cc1cccs1)Nc1ccccc1C(=O)c1ccccc1. The van der Waals surface area contributed by atoms with Crippen molar-refractivity contribution in [3.8, 4) is 0 Å². The van der Waals surface area contributed by atoms with Gasteiger partial charge in [-0.2, -0.15) is 0 Å². The van der Waals surface area contributed by atoms with Crippen LogP contribution < -0.4 is 5.32 Å². The molecule has 118 valence electrons. The number of amides is 1. The molecule has 0 aliphatic carbocycles. The first kappa shape index (κ1) is 15.9. The molecule has 1 amide bonds. The van der Waals surface area contributed by atoms with E-state index in [1.807, 2.05) is 35.7 Å². The predicted octanol–water partition coefficient (Wildman–Crippen LogP) is 4.63. The number of carbonyl (C=O) groups is 2. The highest BCUT2D eigenvalue weighted by atomic mass is 32.1. The van der Waals surface area contributed by atoms with E-state index in [1.54, 1.807) is 53.8 Å². The van der Waals surface area contributed by atoms with Crippen molar-refractivity contribution < 1.29 is 9.59 Å². The quantitative estimate of drug-likeness (QED) is 0.546. The van der Waals surface area contributed by atoms with Crippen LogP contribution in [0.15, 0.2) is 78.2 Å². The standard InChI is InChI=1S/C20H15NO2S/c22-19(13-12-16-9-6-14-24-16)21-18-11-5-4-10-17(18)20(23)15-7-2-1-3-8-15/h1-14H,(H,21,22). The Balaban J connectivity index is 1.79. The maximum absolute atomic E-state index is 12.6. The van der Waals surface area contributed by atoms with Crippen LogP contribution in [-0.2, 0) is 4.79 Å². The molecule has 3 rings (SSSR count). The third-order valence-electron chi connectivity index (χ3n) is 3.41. The Morgan fingerprint density at radius 3 is 2.38 bits per heavy atom. The molecule has 3 nitrogen and oxygen atoms in total. The number of hydrogen-bond donors (Lipinski definition) is 1. The smallest absolute Gasteiger partial charge is 0.248 e. The molecule has 1 aromatic heterocycles. The average Bonchev–Trinajstić information content (AvgIpc) is 3.14. The minimum atomic E-state index is -0.267. The Labute approximate surface area is 144 Å². The highest BCUT2D eigenvalue weighted by Gasteiger charge is 2.13. The first-order valence-electron chi connectivity index (χ1n) is 7.45. The lowest BCUT2D eigenvalue weighted by Crippen LogP contribution is -2.12. The summed E-state index contributed by atoms with van der Waals surface area (Å²) in [6, 6.07) is 19.9. The third kappa shape index (κ3) is 3.86. The first-order valence-corrected chi connectivity index (χ1v) is 8.33. The van der Waals surface area contributed by atoms with E-state index in [1.165, 1.54) is 6.08 Å². The van der Waals surface area contributed by atoms with Crippen LogP contribution in [-0.4, -0.2) is 11.7 Å². The van der Waals surface area contributed by atoms with Crippen LogP contribution in [0.2, 0.25) is 0 Å². The van der Waals surface area contributed by atoms with Crippen LogP contribution in [0.3, 0.4) is 0 Å². The second kappa shape index (κ2) is 7.53. The summed E-state index contributed by atoms with van der Waals surface area (Å²) in [5.74, 6) is -0.384. The summed E-state index contributed by atoms with van der Waals surface area (Å²) in [6.45, 7) is 0. The number of rotatable bonds is 5. The van der Waals surface area contributed by atoms with Crippen molar-refractivity contribution in [2.75, 3.05) is 5.32 Å². The van der Waals surface area contributed by atoms with Crippen molar-refractivity contribution in [3.63, 3.8) is 0 Å². The van der Waals surface area contributed by atoms with Gasteiger partial charge in [0.15, 0.2) is 5.78 Å². The zero-order valence-electron chi connectivity index (χ0n) is 12.8. The summed E-state index contributed by atoms with van der Waals surface area (Å²) in [5, 5.41) is 4.73. The van der Waals surface area contributed by atoms with Gasteiger partial charge in [-0.05, 0) is 29.7 Å². The number of carbonyl (C=O) groups excluding carboxylic acids is 2. The zero-order chi connectivity index (χ0) is 16.8. The van der Waals surface area contributed by atoms with Gasteiger partial charge >= 0.3 is 0 Å². The van der Waals surface area contributed by atoms with E-state index >= 15 is 0 Å². The molecule has 3 aromatic rings. The molecule has 24 heavy (non-hydrogen) atoms. The van der Waals surface area contributed by atoms with Crippen molar-refractivity contribution in [2.45, 2.75) is 0 Å². The Hall–Kier alpha value is -2.98. The Bertz CT molecular complexity index is 868.